The zero-order valence-electron chi connectivity index (χ0n) is 16.9. The fraction of sp³-hybridized carbons (Fsp3) is 0.333. The SMILES string of the molecule is COCCn1nc2c(cc1=O)CN(C(=O)c1cc(-c3ccc(OC)cc3)n[nH]1)CC2. The molecule has 0 saturated carbocycles. The quantitative estimate of drug-likeness (QED) is 0.662. The van der Waals surface area contributed by atoms with E-state index in [-0.39, 0.29) is 11.5 Å². The van der Waals surface area contributed by atoms with E-state index < -0.39 is 0 Å². The zero-order valence-corrected chi connectivity index (χ0v) is 16.9. The lowest BCUT2D eigenvalue weighted by Gasteiger charge is -2.27. The van der Waals surface area contributed by atoms with E-state index in [9.17, 15) is 9.59 Å². The maximum absolute atomic E-state index is 13.0. The van der Waals surface area contributed by atoms with Crippen LogP contribution in [0.2, 0.25) is 0 Å². The van der Waals surface area contributed by atoms with Crippen LogP contribution in [0.25, 0.3) is 11.3 Å². The second-order valence-corrected chi connectivity index (χ2v) is 7.04. The number of nitrogens with zero attached hydrogens (tertiary/aromatic N) is 4. The monoisotopic (exact) mass is 409 g/mol. The lowest BCUT2D eigenvalue weighted by Crippen LogP contribution is -2.39. The molecule has 3 aromatic rings. The molecule has 9 heteroatoms. The fourth-order valence-electron chi connectivity index (χ4n) is 3.46. The first kappa shape index (κ1) is 19.8. The second-order valence-electron chi connectivity index (χ2n) is 7.04. The van der Waals surface area contributed by atoms with Crippen molar-refractivity contribution >= 4 is 5.91 Å². The first-order valence-corrected chi connectivity index (χ1v) is 9.67. The van der Waals surface area contributed by atoms with Crippen LogP contribution in [0.15, 0.2) is 41.2 Å². The van der Waals surface area contributed by atoms with Crippen molar-refractivity contribution < 1.29 is 14.3 Å². The lowest BCUT2D eigenvalue weighted by molar-refractivity contribution is 0.0726. The van der Waals surface area contributed by atoms with Gasteiger partial charge < -0.3 is 14.4 Å². The standard InChI is InChI=1S/C21H23N5O4/c1-29-10-9-26-20(27)11-15-13-25(8-7-17(15)24-26)21(28)19-12-18(22-23-19)14-3-5-16(30-2)6-4-14/h3-6,11-12H,7-10,13H2,1-2H3,(H,22,23). The van der Waals surface area contributed by atoms with Crippen LogP contribution >= 0.6 is 0 Å². The van der Waals surface area contributed by atoms with Crippen molar-refractivity contribution in [2.75, 3.05) is 27.4 Å². The number of methoxy groups -OCH3 is 2. The third-order valence-corrected chi connectivity index (χ3v) is 5.13. The number of benzene rings is 1. The highest BCUT2D eigenvalue weighted by atomic mass is 16.5. The third kappa shape index (κ3) is 3.97. The highest BCUT2D eigenvalue weighted by Crippen LogP contribution is 2.23. The third-order valence-electron chi connectivity index (χ3n) is 5.13. The van der Waals surface area contributed by atoms with Gasteiger partial charge in [-0.15, -0.1) is 0 Å². The van der Waals surface area contributed by atoms with Crippen LogP contribution in [-0.2, 0) is 24.2 Å². The molecule has 30 heavy (non-hydrogen) atoms. The molecular weight excluding hydrogens is 386 g/mol. The highest BCUT2D eigenvalue weighted by Gasteiger charge is 2.25. The summed E-state index contributed by atoms with van der Waals surface area (Å²) in [6.45, 7) is 1.71. The van der Waals surface area contributed by atoms with Gasteiger partial charge in [-0.05, 0) is 30.3 Å². The number of carbonyl (C=O) groups excluding carboxylic acids is 1. The van der Waals surface area contributed by atoms with Crippen LogP contribution in [0.3, 0.4) is 0 Å². The topological polar surface area (TPSA) is 102 Å². The Morgan fingerprint density at radius 2 is 2.00 bits per heavy atom. The summed E-state index contributed by atoms with van der Waals surface area (Å²) in [6, 6.07) is 10.8. The molecule has 0 radical (unpaired) electrons. The molecule has 1 aliphatic heterocycles. The van der Waals surface area contributed by atoms with E-state index in [2.05, 4.69) is 15.3 Å². The maximum atomic E-state index is 13.0. The molecule has 0 fully saturated rings. The molecular formula is C21H23N5O4. The van der Waals surface area contributed by atoms with Crippen LogP contribution < -0.4 is 10.3 Å². The number of amides is 1. The van der Waals surface area contributed by atoms with Gasteiger partial charge in [-0.25, -0.2) is 4.68 Å². The summed E-state index contributed by atoms with van der Waals surface area (Å²) >= 11 is 0. The van der Waals surface area contributed by atoms with E-state index in [1.54, 1.807) is 31.3 Å². The van der Waals surface area contributed by atoms with E-state index in [1.165, 1.54) is 4.68 Å². The molecule has 1 amide bonds. The van der Waals surface area contributed by atoms with Crippen molar-refractivity contribution in [2.45, 2.75) is 19.5 Å². The summed E-state index contributed by atoms with van der Waals surface area (Å²) in [5.41, 5.74) is 3.41. The second kappa shape index (κ2) is 8.50. The van der Waals surface area contributed by atoms with Gasteiger partial charge >= 0.3 is 0 Å². The number of aromatic nitrogens is 4. The van der Waals surface area contributed by atoms with Crippen molar-refractivity contribution in [2.24, 2.45) is 0 Å². The zero-order chi connectivity index (χ0) is 21.1. The number of aromatic amines is 1. The van der Waals surface area contributed by atoms with Gasteiger partial charge in [-0.3, -0.25) is 14.7 Å². The van der Waals surface area contributed by atoms with Crippen LogP contribution in [0.4, 0.5) is 0 Å². The van der Waals surface area contributed by atoms with Crippen molar-refractivity contribution in [1.29, 1.82) is 0 Å². The number of rotatable bonds is 6. The molecule has 156 valence electrons. The molecule has 9 nitrogen and oxygen atoms in total. The average Bonchev–Trinajstić information content (AvgIpc) is 3.27. The average molecular weight is 409 g/mol. The summed E-state index contributed by atoms with van der Waals surface area (Å²) < 4.78 is 11.6. The summed E-state index contributed by atoms with van der Waals surface area (Å²) in [6.07, 6.45) is 0.591. The van der Waals surface area contributed by atoms with Gasteiger partial charge in [0.05, 0.1) is 31.6 Å². The minimum atomic E-state index is -0.191. The Bertz CT molecular complexity index is 1100. The van der Waals surface area contributed by atoms with Gasteiger partial charge in [0.2, 0.25) is 0 Å². The molecule has 1 aliphatic rings. The number of carbonyl (C=O) groups is 1. The summed E-state index contributed by atoms with van der Waals surface area (Å²) in [5, 5.41) is 11.5. The first-order valence-electron chi connectivity index (χ1n) is 9.67. The van der Waals surface area contributed by atoms with Crippen LogP contribution in [0.1, 0.15) is 21.7 Å². The highest BCUT2D eigenvalue weighted by molar-refractivity contribution is 5.93. The Morgan fingerprint density at radius 3 is 2.73 bits per heavy atom. The maximum Gasteiger partial charge on any atom is 0.272 e. The van der Waals surface area contributed by atoms with Gasteiger partial charge in [0.15, 0.2) is 0 Å². The Hall–Kier alpha value is -3.46. The number of nitrogens with one attached hydrogen (secondary N) is 1. The van der Waals surface area contributed by atoms with Gasteiger partial charge in [-0.1, -0.05) is 0 Å². The van der Waals surface area contributed by atoms with Crippen LogP contribution in [0, 0.1) is 0 Å². The van der Waals surface area contributed by atoms with Crippen molar-refractivity contribution in [3.8, 4) is 17.0 Å². The molecule has 0 aliphatic carbocycles. The smallest absolute Gasteiger partial charge is 0.272 e. The van der Waals surface area contributed by atoms with E-state index in [0.717, 1.165) is 22.6 Å². The summed E-state index contributed by atoms with van der Waals surface area (Å²) in [7, 11) is 3.20. The van der Waals surface area contributed by atoms with E-state index in [4.69, 9.17) is 9.47 Å². The van der Waals surface area contributed by atoms with E-state index in [1.807, 2.05) is 24.3 Å². The minimum absolute atomic E-state index is 0.156. The minimum Gasteiger partial charge on any atom is -0.497 e. The number of ether oxygens (including phenoxy) is 2. The van der Waals surface area contributed by atoms with Crippen LogP contribution in [-0.4, -0.2) is 58.2 Å². The number of H-pyrrole nitrogens is 1. The Balaban J connectivity index is 1.49. The van der Waals surface area contributed by atoms with Gasteiger partial charge in [0, 0.05) is 43.8 Å². The molecule has 2 aromatic heterocycles. The number of hydrogen-bond acceptors (Lipinski definition) is 6. The van der Waals surface area contributed by atoms with Gasteiger partial charge in [0.25, 0.3) is 11.5 Å². The molecule has 0 unspecified atom stereocenters. The molecule has 1 N–H and O–H groups in total. The molecule has 1 aromatic carbocycles. The van der Waals surface area contributed by atoms with Crippen molar-refractivity contribution in [3.63, 3.8) is 0 Å². The molecule has 4 rings (SSSR count). The van der Waals surface area contributed by atoms with Crippen LogP contribution in [0.5, 0.6) is 5.75 Å². The molecule has 0 saturated heterocycles. The fourth-order valence-corrected chi connectivity index (χ4v) is 3.46. The molecule has 0 spiro atoms. The Labute approximate surface area is 173 Å². The Morgan fingerprint density at radius 1 is 1.20 bits per heavy atom. The normalized spacial score (nSPS) is 13.2. The first-order chi connectivity index (χ1) is 14.6. The van der Waals surface area contributed by atoms with E-state index >= 15 is 0 Å². The Kier molecular flexibility index (Phi) is 5.62. The predicted octanol–water partition coefficient (Wildman–Crippen LogP) is 1.49. The lowest BCUT2D eigenvalue weighted by atomic mass is 10.1. The molecule has 0 atom stereocenters. The van der Waals surface area contributed by atoms with E-state index in [0.29, 0.717) is 44.0 Å². The largest absolute Gasteiger partial charge is 0.497 e. The predicted molar refractivity (Wildman–Crippen MR) is 109 cm³/mol. The summed E-state index contributed by atoms with van der Waals surface area (Å²) in [5.74, 6) is 0.601. The molecule has 0 bridgehead atoms. The number of hydrogen-bond donors (Lipinski definition) is 1. The van der Waals surface area contributed by atoms with Crippen molar-refractivity contribution in [3.05, 3.63) is 63.7 Å². The van der Waals surface area contributed by atoms with Gasteiger partial charge in [0.1, 0.15) is 11.4 Å². The van der Waals surface area contributed by atoms with Gasteiger partial charge in [-0.2, -0.15) is 10.2 Å². The summed E-state index contributed by atoms with van der Waals surface area (Å²) in [4.78, 5) is 26.9. The van der Waals surface area contributed by atoms with Crippen molar-refractivity contribution in [1.82, 2.24) is 24.9 Å². The number of fused-ring (bicyclic) bond motifs is 1. The molecule has 3 heterocycles.